The Morgan fingerprint density at radius 2 is 2.00 bits per heavy atom. The van der Waals surface area contributed by atoms with Gasteiger partial charge in [0, 0.05) is 33.0 Å². The molecule has 1 aliphatic rings. The van der Waals surface area contributed by atoms with E-state index in [2.05, 4.69) is 12.2 Å². The van der Waals surface area contributed by atoms with Crippen LogP contribution in [-0.2, 0) is 14.3 Å². The zero-order valence-electron chi connectivity index (χ0n) is 11.4. The standard InChI is InChI=1S/C13H26N2O3/c1-2-3-8-17-9-4-7-15-12(16)13(14)5-10-18-11-6-13/h2-11,14H2,1H3,(H,15,16). The van der Waals surface area contributed by atoms with Crippen molar-refractivity contribution < 1.29 is 14.3 Å². The SMILES string of the molecule is CCCCOCCCNC(=O)C1(N)CCOCC1. The predicted octanol–water partition coefficient (Wildman–Crippen LogP) is 0.817. The van der Waals surface area contributed by atoms with Crippen LogP contribution in [0.1, 0.15) is 39.0 Å². The van der Waals surface area contributed by atoms with Gasteiger partial charge in [0.1, 0.15) is 0 Å². The van der Waals surface area contributed by atoms with Gasteiger partial charge < -0.3 is 20.5 Å². The van der Waals surface area contributed by atoms with Crippen molar-refractivity contribution in [2.75, 3.05) is 33.0 Å². The molecular weight excluding hydrogens is 232 g/mol. The van der Waals surface area contributed by atoms with Gasteiger partial charge in [-0.2, -0.15) is 0 Å². The van der Waals surface area contributed by atoms with Crippen LogP contribution in [0.5, 0.6) is 0 Å². The third kappa shape index (κ3) is 5.33. The molecule has 0 aromatic carbocycles. The van der Waals surface area contributed by atoms with Crippen molar-refractivity contribution in [2.24, 2.45) is 5.73 Å². The molecule has 0 aromatic rings. The molecule has 18 heavy (non-hydrogen) atoms. The Kier molecular flexibility index (Phi) is 7.23. The van der Waals surface area contributed by atoms with Crippen molar-refractivity contribution >= 4 is 5.91 Å². The van der Waals surface area contributed by atoms with Crippen LogP contribution in [0.2, 0.25) is 0 Å². The molecule has 1 fully saturated rings. The largest absolute Gasteiger partial charge is 0.381 e. The molecule has 0 aliphatic carbocycles. The number of carbonyl (C=O) groups excluding carboxylic acids is 1. The first-order valence-corrected chi connectivity index (χ1v) is 6.92. The van der Waals surface area contributed by atoms with E-state index < -0.39 is 5.54 Å². The molecule has 0 unspecified atom stereocenters. The van der Waals surface area contributed by atoms with E-state index in [-0.39, 0.29) is 5.91 Å². The molecule has 3 N–H and O–H groups in total. The fraction of sp³-hybridized carbons (Fsp3) is 0.923. The summed E-state index contributed by atoms with van der Waals surface area (Å²) >= 11 is 0. The number of carbonyl (C=O) groups is 1. The highest BCUT2D eigenvalue weighted by atomic mass is 16.5. The summed E-state index contributed by atoms with van der Waals surface area (Å²) in [6.45, 7) is 5.42. The van der Waals surface area contributed by atoms with E-state index in [4.69, 9.17) is 15.2 Å². The minimum Gasteiger partial charge on any atom is -0.381 e. The van der Waals surface area contributed by atoms with E-state index in [0.29, 0.717) is 39.2 Å². The van der Waals surface area contributed by atoms with Gasteiger partial charge in [-0.25, -0.2) is 0 Å². The second kappa shape index (κ2) is 8.45. The Morgan fingerprint density at radius 3 is 2.67 bits per heavy atom. The van der Waals surface area contributed by atoms with Crippen LogP contribution in [-0.4, -0.2) is 44.4 Å². The first-order valence-electron chi connectivity index (χ1n) is 6.92. The second-order valence-corrected chi connectivity index (χ2v) is 4.84. The first kappa shape index (κ1) is 15.4. The van der Waals surface area contributed by atoms with E-state index in [1.807, 2.05) is 0 Å². The third-order valence-corrected chi connectivity index (χ3v) is 3.23. The Balaban J connectivity index is 2.05. The number of hydrogen-bond donors (Lipinski definition) is 2. The van der Waals surface area contributed by atoms with E-state index in [1.165, 1.54) is 0 Å². The van der Waals surface area contributed by atoms with Crippen LogP contribution >= 0.6 is 0 Å². The van der Waals surface area contributed by atoms with Crippen LogP contribution in [0.3, 0.4) is 0 Å². The zero-order chi connectivity index (χ0) is 13.3. The number of ether oxygens (including phenoxy) is 2. The number of hydrogen-bond acceptors (Lipinski definition) is 4. The molecule has 1 heterocycles. The Morgan fingerprint density at radius 1 is 1.33 bits per heavy atom. The molecule has 1 aliphatic heterocycles. The summed E-state index contributed by atoms with van der Waals surface area (Å²) in [4.78, 5) is 11.9. The van der Waals surface area contributed by atoms with Crippen molar-refractivity contribution in [3.8, 4) is 0 Å². The van der Waals surface area contributed by atoms with Crippen LogP contribution in [0.15, 0.2) is 0 Å². The molecule has 5 heteroatoms. The van der Waals surface area contributed by atoms with Gasteiger partial charge in [0.25, 0.3) is 0 Å². The van der Waals surface area contributed by atoms with Gasteiger partial charge in [-0.3, -0.25) is 4.79 Å². The summed E-state index contributed by atoms with van der Waals surface area (Å²) in [6, 6.07) is 0. The second-order valence-electron chi connectivity index (χ2n) is 4.84. The van der Waals surface area contributed by atoms with Crippen molar-refractivity contribution in [2.45, 2.75) is 44.6 Å². The Labute approximate surface area is 109 Å². The topological polar surface area (TPSA) is 73.6 Å². The molecule has 0 bridgehead atoms. The van der Waals surface area contributed by atoms with Gasteiger partial charge in [0.2, 0.25) is 5.91 Å². The van der Waals surface area contributed by atoms with Gasteiger partial charge in [0.15, 0.2) is 0 Å². The number of unbranched alkanes of at least 4 members (excludes halogenated alkanes) is 1. The van der Waals surface area contributed by atoms with Crippen molar-refractivity contribution in [3.63, 3.8) is 0 Å². The van der Waals surface area contributed by atoms with Gasteiger partial charge in [0.05, 0.1) is 5.54 Å². The molecule has 0 atom stereocenters. The molecule has 1 saturated heterocycles. The lowest BCUT2D eigenvalue weighted by atomic mass is 9.90. The summed E-state index contributed by atoms with van der Waals surface area (Å²) in [7, 11) is 0. The van der Waals surface area contributed by atoms with Gasteiger partial charge in [-0.05, 0) is 25.7 Å². The Hall–Kier alpha value is -0.650. The van der Waals surface area contributed by atoms with Crippen LogP contribution in [0.4, 0.5) is 0 Å². The first-order chi connectivity index (χ1) is 8.69. The van der Waals surface area contributed by atoms with Gasteiger partial charge >= 0.3 is 0 Å². The molecule has 5 nitrogen and oxygen atoms in total. The monoisotopic (exact) mass is 258 g/mol. The van der Waals surface area contributed by atoms with Crippen LogP contribution in [0, 0.1) is 0 Å². The quantitative estimate of drug-likeness (QED) is 0.632. The van der Waals surface area contributed by atoms with Crippen molar-refractivity contribution in [1.29, 1.82) is 0 Å². The molecule has 1 rings (SSSR count). The minimum absolute atomic E-state index is 0.0561. The lowest BCUT2D eigenvalue weighted by molar-refractivity contribution is -0.129. The fourth-order valence-corrected chi connectivity index (χ4v) is 1.86. The average molecular weight is 258 g/mol. The molecule has 0 saturated carbocycles. The fourth-order valence-electron chi connectivity index (χ4n) is 1.86. The summed E-state index contributed by atoms with van der Waals surface area (Å²) < 4.78 is 10.6. The lowest BCUT2D eigenvalue weighted by Gasteiger charge is -2.31. The Bertz CT molecular complexity index is 240. The number of nitrogens with two attached hydrogens (primary N) is 1. The third-order valence-electron chi connectivity index (χ3n) is 3.23. The maximum Gasteiger partial charge on any atom is 0.240 e. The molecule has 0 aromatic heterocycles. The van der Waals surface area contributed by atoms with E-state index >= 15 is 0 Å². The van der Waals surface area contributed by atoms with Crippen molar-refractivity contribution in [1.82, 2.24) is 5.32 Å². The summed E-state index contributed by atoms with van der Waals surface area (Å²) in [5.74, 6) is -0.0561. The molecule has 0 spiro atoms. The highest BCUT2D eigenvalue weighted by Gasteiger charge is 2.35. The molecule has 106 valence electrons. The summed E-state index contributed by atoms with van der Waals surface area (Å²) in [5.41, 5.74) is 5.32. The smallest absolute Gasteiger partial charge is 0.240 e. The molecular formula is C13H26N2O3. The summed E-state index contributed by atoms with van der Waals surface area (Å²) in [5, 5.41) is 2.88. The highest BCUT2D eigenvalue weighted by Crippen LogP contribution is 2.17. The highest BCUT2D eigenvalue weighted by molar-refractivity contribution is 5.86. The van der Waals surface area contributed by atoms with Crippen molar-refractivity contribution in [3.05, 3.63) is 0 Å². The van der Waals surface area contributed by atoms with E-state index in [1.54, 1.807) is 0 Å². The summed E-state index contributed by atoms with van der Waals surface area (Å²) in [6.07, 6.45) is 4.28. The van der Waals surface area contributed by atoms with Crippen LogP contribution in [0.25, 0.3) is 0 Å². The number of nitrogens with one attached hydrogen (secondary N) is 1. The number of rotatable bonds is 8. The lowest BCUT2D eigenvalue weighted by Crippen LogP contribution is -2.57. The van der Waals surface area contributed by atoms with E-state index in [0.717, 1.165) is 25.9 Å². The maximum absolute atomic E-state index is 11.9. The maximum atomic E-state index is 11.9. The predicted molar refractivity (Wildman–Crippen MR) is 70.3 cm³/mol. The van der Waals surface area contributed by atoms with Crippen LogP contribution < -0.4 is 11.1 Å². The minimum atomic E-state index is -0.735. The van der Waals surface area contributed by atoms with E-state index in [9.17, 15) is 4.79 Å². The number of amides is 1. The molecule has 1 amide bonds. The zero-order valence-corrected chi connectivity index (χ0v) is 11.4. The molecule has 0 radical (unpaired) electrons. The van der Waals surface area contributed by atoms with Gasteiger partial charge in [-0.1, -0.05) is 13.3 Å². The van der Waals surface area contributed by atoms with Gasteiger partial charge in [-0.15, -0.1) is 0 Å². The average Bonchev–Trinajstić information content (AvgIpc) is 2.38. The normalized spacial score (nSPS) is 18.6.